The maximum absolute atomic E-state index is 13.2. The van der Waals surface area contributed by atoms with Gasteiger partial charge in [0.15, 0.2) is 0 Å². The number of aromatic hydroxyl groups is 1. The van der Waals surface area contributed by atoms with E-state index in [2.05, 4.69) is 36.9 Å². The molecule has 41 heavy (non-hydrogen) atoms. The molecule has 1 atom stereocenters. The lowest BCUT2D eigenvalue weighted by molar-refractivity contribution is -0.122. The lowest BCUT2D eigenvalue weighted by atomic mass is 9.69. The first kappa shape index (κ1) is 28.6. The van der Waals surface area contributed by atoms with E-state index in [1.54, 1.807) is 12.1 Å². The predicted molar refractivity (Wildman–Crippen MR) is 164 cm³/mol. The summed E-state index contributed by atoms with van der Waals surface area (Å²) in [4.78, 5) is 15.7. The highest BCUT2D eigenvalue weighted by atomic mass is 16.5. The first-order chi connectivity index (χ1) is 19.8. The molecule has 4 aromatic carbocycles. The van der Waals surface area contributed by atoms with Gasteiger partial charge in [0.25, 0.3) is 0 Å². The Morgan fingerprint density at radius 1 is 0.854 bits per heavy atom. The lowest BCUT2D eigenvalue weighted by Gasteiger charge is -2.40. The Labute approximate surface area is 243 Å². The van der Waals surface area contributed by atoms with Gasteiger partial charge in [0.1, 0.15) is 5.75 Å². The molecule has 1 fully saturated rings. The van der Waals surface area contributed by atoms with Crippen molar-refractivity contribution in [1.29, 1.82) is 0 Å². The zero-order valence-electron chi connectivity index (χ0n) is 24.0. The Morgan fingerprint density at radius 2 is 1.46 bits per heavy atom. The minimum Gasteiger partial charge on any atom is -0.508 e. The number of carbonyl (C=O) groups excluding carboxylic acids is 1. The second-order valence-electron chi connectivity index (χ2n) is 11.7. The Hall–Kier alpha value is -3.93. The van der Waals surface area contributed by atoms with Gasteiger partial charge < -0.3 is 15.6 Å². The van der Waals surface area contributed by atoms with Crippen molar-refractivity contribution in [3.05, 3.63) is 126 Å². The average molecular weight is 549 g/mol. The van der Waals surface area contributed by atoms with Gasteiger partial charge in [-0.15, -0.1) is 0 Å². The van der Waals surface area contributed by atoms with Crippen LogP contribution in [0.4, 0.5) is 0 Å². The van der Waals surface area contributed by atoms with Crippen molar-refractivity contribution in [3.8, 4) is 16.9 Å². The zero-order valence-corrected chi connectivity index (χ0v) is 24.0. The van der Waals surface area contributed by atoms with Crippen LogP contribution in [0.5, 0.6) is 5.75 Å². The highest BCUT2D eigenvalue weighted by Crippen LogP contribution is 2.40. The molecule has 212 valence electrons. The van der Waals surface area contributed by atoms with Gasteiger partial charge in [-0.2, -0.15) is 0 Å². The quantitative estimate of drug-likeness (QED) is 0.219. The fourth-order valence-electron chi connectivity index (χ4n) is 6.11. The monoisotopic (exact) mass is 548 g/mol. The summed E-state index contributed by atoms with van der Waals surface area (Å²) in [5.74, 6) is -0.0558. The van der Waals surface area contributed by atoms with Gasteiger partial charge >= 0.3 is 0 Å². The summed E-state index contributed by atoms with van der Waals surface area (Å²) in [5.41, 5.74) is 10.2. The minimum absolute atomic E-state index is 0.141. The normalized spacial score (nSPS) is 16.1. The molecule has 1 heterocycles. The lowest BCUT2D eigenvalue weighted by Crippen LogP contribution is -2.47. The van der Waals surface area contributed by atoms with Crippen LogP contribution in [0.1, 0.15) is 49.8 Å². The molecule has 0 saturated carbocycles. The van der Waals surface area contributed by atoms with Crippen molar-refractivity contribution in [2.45, 2.75) is 56.8 Å². The number of benzene rings is 4. The minimum atomic E-state index is -0.893. The van der Waals surface area contributed by atoms with E-state index >= 15 is 0 Å². The number of hydrogen-bond donors (Lipinski definition) is 2. The molecule has 5 nitrogen and oxygen atoms in total. The summed E-state index contributed by atoms with van der Waals surface area (Å²) in [6, 6.07) is 35.5. The van der Waals surface area contributed by atoms with Crippen molar-refractivity contribution in [2.75, 3.05) is 13.1 Å². The summed E-state index contributed by atoms with van der Waals surface area (Å²) in [5, 5.41) is 9.85. The van der Waals surface area contributed by atoms with Gasteiger partial charge in [-0.3, -0.25) is 9.69 Å². The van der Waals surface area contributed by atoms with Crippen LogP contribution in [-0.4, -0.2) is 40.6 Å². The van der Waals surface area contributed by atoms with E-state index < -0.39 is 5.41 Å². The number of carbonyl (C=O) groups is 1. The van der Waals surface area contributed by atoms with Gasteiger partial charge in [0, 0.05) is 18.6 Å². The number of nitrogens with zero attached hydrogens (tertiary/aromatic N) is 1. The summed E-state index contributed by atoms with van der Waals surface area (Å²) in [6.45, 7) is 6.85. The van der Waals surface area contributed by atoms with Crippen LogP contribution in [0, 0.1) is 0 Å². The fraction of sp³-hybridized carbons (Fsp3) is 0.306. The van der Waals surface area contributed by atoms with Crippen molar-refractivity contribution in [2.24, 2.45) is 5.73 Å². The molecule has 0 spiro atoms. The molecule has 0 aliphatic carbocycles. The van der Waals surface area contributed by atoms with Gasteiger partial charge in [-0.05, 0) is 79.1 Å². The first-order valence-corrected chi connectivity index (χ1v) is 14.4. The Morgan fingerprint density at radius 3 is 2.07 bits per heavy atom. The topological polar surface area (TPSA) is 75.8 Å². The van der Waals surface area contributed by atoms with E-state index in [1.165, 1.54) is 0 Å². The summed E-state index contributed by atoms with van der Waals surface area (Å²) < 4.78 is 6.39. The molecule has 0 bridgehead atoms. The van der Waals surface area contributed by atoms with E-state index in [4.69, 9.17) is 10.5 Å². The molecule has 3 N–H and O–H groups in total. The molecule has 0 unspecified atom stereocenters. The highest BCUT2D eigenvalue weighted by Gasteiger charge is 2.43. The van der Waals surface area contributed by atoms with Gasteiger partial charge in [0.05, 0.1) is 18.1 Å². The SMILES string of the molecule is CC(C)(CCC(C(N)=O)(c1ccccc1)c1ccccc1)N1CC[C@H](OCc2cccc(-c3cccc(O)c3)c2)C1. The van der Waals surface area contributed by atoms with Crippen LogP contribution < -0.4 is 5.73 Å². The molecule has 0 aromatic heterocycles. The molecule has 1 saturated heterocycles. The summed E-state index contributed by atoms with van der Waals surface area (Å²) >= 11 is 0. The van der Waals surface area contributed by atoms with E-state index in [0.717, 1.165) is 53.7 Å². The Bertz CT molecular complexity index is 1410. The third-order valence-electron chi connectivity index (χ3n) is 8.66. The number of primary amides is 1. The van der Waals surface area contributed by atoms with Crippen LogP contribution in [0.25, 0.3) is 11.1 Å². The number of amides is 1. The Kier molecular flexibility index (Phi) is 8.57. The van der Waals surface area contributed by atoms with Crippen LogP contribution in [0.3, 0.4) is 0 Å². The van der Waals surface area contributed by atoms with Crippen molar-refractivity contribution >= 4 is 5.91 Å². The molecule has 0 radical (unpaired) electrons. The Balaban J connectivity index is 1.25. The number of ether oxygens (including phenoxy) is 1. The fourth-order valence-corrected chi connectivity index (χ4v) is 6.11. The van der Waals surface area contributed by atoms with Crippen molar-refractivity contribution in [1.82, 2.24) is 4.90 Å². The van der Waals surface area contributed by atoms with Gasteiger partial charge in [-0.1, -0.05) is 91.0 Å². The van der Waals surface area contributed by atoms with Crippen LogP contribution in [0.15, 0.2) is 109 Å². The van der Waals surface area contributed by atoms with E-state index in [0.29, 0.717) is 13.0 Å². The van der Waals surface area contributed by atoms with Gasteiger partial charge in [-0.25, -0.2) is 0 Å². The smallest absolute Gasteiger partial charge is 0.232 e. The van der Waals surface area contributed by atoms with E-state index in [9.17, 15) is 9.90 Å². The average Bonchev–Trinajstić information content (AvgIpc) is 3.48. The first-order valence-electron chi connectivity index (χ1n) is 14.4. The number of phenolic OH excluding ortho intramolecular Hbond substituents is 1. The number of phenols is 1. The number of nitrogens with two attached hydrogens (primary N) is 1. The van der Waals surface area contributed by atoms with Crippen molar-refractivity contribution in [3.63, 3.8) is 0 Å². The number of likely N-dealkylation sites (tertiary alicyclic amines) is 1. The predicted octanol–water partition coefficient (Wildman–Crippen LogP) is 6.68. The second-order valence-corrected chi connectivity index (χ2v) is 11.7. The molecular weight excluding hydrogens is 508 g/mol. The highest BCUT2D eigenvalue weighted by molar-refractivity contribution is 5.90. The molecule has 1 amide bonds. The zero-order chi connectivity index (χ0) is 28.9. The standard InChI is InChI=1S/C36H40N2O3/c1-35(2,20-21-36(34(37)40,30-14-5-3-6-15-30)31-16-7-4-8-17-31)38-22-19-33(25-38)41-26-27-11-9-12-28(23-27)29-13-10-18-32(39)24-29/h3-18,23-24,33,39H,19-22,25-26H2,1-2H3,(H2,37,40)/t33-/m0/s1. The largest absolute Gasteiger partial charge is 0.508 e. The van der Waals surface area contributed by atoms with Crippen LogP contribution in [-0.2, 0) is 21.6 Å². The molecule has 5 heteroatoms. The third kappa shape index (κ3) is 6.37. The number of hydrogen-bond acceptors (Lipinski definition) is 4. The molecule has 5 rings (SSSR count). The third-order valence-corrected chi connectivity index (χ3v) is 8.66. The summed E-state index contributed by atoms with van der Waals surface area (Å²) in [7, 11) is 0. The second kappa shape index (κ2) is 12.3. The maximum Gasteiger partial charge on any atom is 0.232 e. The molecule has 1 aliphatic rings. The summed E-state index contributed by atoms with van der Waals surface area (Å²) in [6.07, 6.45) is 2.53. The van der Waals surface area contributed by atoms with E-state index in [-0.39, 0.29) is 23.3 Å². The van der Waals surface area contributed by atoms with Crippen LogP contribution >= 0.6 is 0 Å². The van der Waals surface area contributed by atoms with E-state index in [1.807, 2.05) is 78.9 Å². The molecule has 4 aromatic rings. The van der Waals surface area contributed by atoms with Gasteiger partial charge in [0.2, 0.25) is 5.91 Å². The molecular formula is C36H40N2O3. The maximum atomic E-state index is 13.2. The molecule has 1 aliphatic heterocycles. The van der Waals surface area contributed by atoms with Crippen molar-refractivity contribution < 1.29 is 14.6 Å². The number of rotatable bonds is 11. The van der Waals surface area contributed by atoms with Crippen LogP contribution in [0.2, 0.25) is 0 Å².